The van der Waals surface area contributed by atoms with Crippen molar-refractivity contribution in [2.75, 3.05) is 30.5 Å². The SMILES string of the molecule is COc1ccc2ccc(=O)n(CCN)c2n1.O=C1COc2ccc(N(C(=O)O)C3CCCCC3)nc2N1. The average molecular weight is 511 g/mol. The zero-order valence-corrected chi connectivity index (χ0v) is 20.6. The van der Waals surface area contributed by atoms with Gasteiger partial charge in [0.25, 0.3) is 11.5 Å². The Labute approximate surface area is 213 Å². The molecule has 1 aliphatic heterocycles. The molecule has 1 saturated carbocycles. The van der Waals surface area contributed by atoms with E-state index in [9.17, 15) is 19.5 Å². The normalized spacial score (nSPS) is 15.0. The van der Waals surface area contributed by atoms with Crippen LogP contribution in [0.1, 0.15) is 32.1 Å². The molecule has 0 radical (unpaired) electrons. The molecule has 0 saturated heterocycles. The van der Waals surface area contributed by atoms with Crippen LogP contribution in [0.2, 0.25) is 0 Å². The fourth-order valence-electron chi connectivity index (χ4n) is 4.47. The Morgan fingerprint density at radius 1 is 1.16 bits per heavy atom. The fraction of sp³-hybridized carbons (Fsp3) is 0.400. The number of methoxy groups -OCH3 is 1. The summed E-state index contributed by atoms with van der Waals surface area (Å²) in [5, 5.41) is 13.0. The van der Waals surface area contributed by atoms with Crippen molar-refractivity contribution in [3.63, 3.8) is 0 Å². The van der Waals surface area contributed by atoms with Gasteiger partial charge in [0.2, 0.25) is 5.88 Å². The third kappa shape index (κ3) is 5.97. The van der Waals surface area contributed by atoms with E-state index in [1.165, 1.54) is 11.0 Å². The Bertz CT molecular complexity index is 1340. The van der Waals surface area contributed by atoms with E-state index in [0.717, 1.165) is 37.5 Å². The van der Waals surface area contributed by atoms with Crippen LogP contribution in [0.4, 0.5) is 16.4 Å². The van der Waals surface area contributed by atoms with Crippen LogP contribution in [0.5, 0.6) is 11.6 Å². The van der Waals surface area contributed by atoms with Crippen LogP contribution >= 0.6 is 0 Å². The lowest BCUT2D eigenvalue weighted by molar-refractivity contribution is -0.118. The smallest absolute Gasteiger partial charge is 0.413 e. The summed E-state index contributed by atoms with van der Waals surface area (Å²) in [6.45, 7) is 0.813. The molecule has 1 fully saturated rings. The Hall–Kier alpha value is -4.19. The maximum atomic E-state index is 11.6. The van der Waals surface area contributed by atoms with Crippen molar-refractivity contribution < 1.29 is 24.2 Å². The van der Waals surface area contributed by atoms with Gasteiger partial charge in [-0.15, -0.1) is 0 Å². The number of carbonyl (C=O) groups is 2. The van der Waals surface area contributed by atoms with Crippen LogP contribution in [0.15, 0.2) is 41.2 Å². The second-order valence-corrected chi connectivity index (χ2v) is 8.68. The molecule has 12 nitrogen and oxygen atoms in total. The van der Waals surface area contributed by atoms with Gasteiger partial charge in [-0.3, -0.25) is 19.1 Å². The van der Waals surface area contributed by atoms with E-state index in [1.54, 1.807) is 35.9 Å². The number of hydrogen-bond acceptors (Lipinski definition) is 8. The van der Waals surface area contributed by atoms with E-state index in [1.807, 2.05) is 6.07 Å². The quantitative estimate of drug-likeness (QED) is 0.468. The Morgan fingerprint density at radius 2 is 1.92 bits per heavy atom. The van der Waals surface area contributed by atoms with Crippen molar-refractivity contribution in [1.29, 1.82) is 0 Å². The van der Waals surface area contributed by atoms with E-state index in [0.29, 0.717) is 36.2 Å². The average Bonchev–Trinajstić information content (AvgIpc) is 2.91. The van der Waals surface area contributed by atoms with Crippen LogP contribution in [-0.4, -0.2) is 57.9 Å². The van der Waals surface area contributed by atoms with Crippen molar-refractivity contribution in [1.82, 2.24) is 14.5 Å². The predicted octanol–water partition coefficient (Wildman–Crippen LogP) is 2.59. The first-order valence-corrected chi connectivity index (χ1v) is 12.1. The summed E-state index contributed by atoms with van der Waals surface area (Å²) < 4.78 is 11.8. The lowest BCUT2D eigenvalue weighted by Crippen LogP contribution is -2.41. The number of fused-ring (bicyclic) bond motifs is 2. The lowest BCUT2D eigenvalue weighted by Gasteiger charge is -2.31. The lowest BCUT2D eigenvalue weighted by atomic mass is 9.94. The van der Waals surface area contributed by atoms with Crippen LogP contribution in [0.25, 0.3) is 11.0 Å². The standard InChI is InChI=1S/C14H17N3O4.C11H13N3O2/c18-12-8-21-10-6-7-11(15-13(10)16-12)17(14(19)20)9-4-2-1-3-5-9;1-16-9-4-2-8-3-5-10(15)14(7-6-12)11(8)13-9/h6-7,9H,1-5,8H2,(H,19,20)(H,15,16,18);2-5H,6-7,12H2,1H3. The van der Waals surface area contributed by atoms with Crippen LogP contribution in [0, 0.1) is 0 Å². The molecule has 4 heterocycles. The van der Waals surface area contributed by atoms with Crippen molar-refractivity contribution in [3.8, 4) is 11.6 Å². The molecular weight excluding hydrogens is 480 g/mol. The molecule has 0 spiro atoms. The van der Waals surface area contributed by atoms with Gasteiger partial charge in [-0.05, 0) is 37.1 Å². The van der Waals surface area contributed by atoms with Crippen LogP contribution < -0.4 is 31.0 Å². The summed E-state index contributed by atoms with van der Waals surface area (Å²) in [6.07, 6.45) is 3.86. The minimum atomic E-state index is -1.02. The van der Waals surface area contributed by atoms with Crippen LogP contribution in [-0.2, 0) is 11.3 Å². The number of carboxylic acid groups (broad SMARTS) is 1. The first kappa shape index (κ1) is 25.9. The van der Waals surface area contributed by atoms with E-state index < -0.39 is 6.09 Å². The fourth-order valence-corrected chi connectivity index (χ4v) is 4.47. The van der Waals surface area contributed by atoms with Gasteiger partial charge in [0.15, 0.2) is 18.2 Å². The summed E-state index contributed by atoms with van der Waals surface area (Å²) in [5.74, 6) is 1.28. The van der Waals surface area contributed by atoms with Crippen LogP contribution in [0.3, 0.4) is 0 Å². The summed E-state index contributed by atoms with van der Waals surface area (Å²) in [7, 11) is 1.54. The zero-order chi connectivity index (χ0) is 26.4. The second kappa shape index (κ2) is 11.7. The number of nitrogens with one attached hydrogen (secondary N) is 1. The number of pyridine rings is 3. The van der Waals surface area contributed by atoms with Gasteiger partial charge in [0.1, 0.15) is 11.5 Å². The van der Waals surface area contributed by atoms with Gasteiger partial charge >= 0.3 is 6.09 Å². The molecular formula is C25H30N6O6. The molecule has 0 aromatic carbocycles. The zero-order valence-electron chi connectivity index (χ0n) is 20.6. The van der Waals surface area contributed by atoms with Crippen molar-refractivity contribution in [2.45, 2.75) is 44.7 Å². The number of ether oxygens (including phenoxy) is 2. The Balaban J connectivity index is 0.000000180. The van der Waals surface area contributed by atoms with Gasteiger partial charge in [0, 0.05) is 36.7 Å². The maximum absolute atomic E-state index is 11.6. The molecule has 0 atom stereocenters. The van der Waals surface area contributed by atoms with E-state index in [4.69, 9.17) is 15.2 Å². The van der Waals surface area contributed by atoms with Gasteiger partial charge < -0.3 is 25.6 Å². The Kier molecular flexibility index (Phi) is 8.18. The molecule has 3 aromatic rings. The van der Waals surface area contributed by atoms with Gasteiger partial charge in [-0.1, -0.05) is 19.3 Å². The molecule has 1 aliphatic carbocycles. The van der Waals surface area contributed by atoms with Crippen molar-refractivity contribution in [3.05, 3.63) is 46.8 Å². The first-order valence-electron chi connectivity index (χ1n) is 12.1. The highest BCUT2D eigenvalue weighted by molar-refractivity contribution is 5.95. The van der Waals surface area contributed by atoms with Crippen molar-refractivity contribution >= 4 is 34.7 Å². The first-order chi connectivity index (χ1) is 17.9. The third-order valence-electron chi connectivity index (χ3n) is 6.22. The number of hydrogen-bond donors (Lipinski definition) is 3. The molecule has 2 amide bonds. The molecule has 12 heteroatoms. The molecule has 37 heavy (non-hydrogen) atoms. The minimum absolute atomic E-state index is 0.0424. The molecule has 0 unspecified atom stereocenters. The monoisotopic (exact) mass is 510 g/mol. The molecule has 0 bridgehead atoms. The number of nitrogens with two attached hydrogens (primary N) is 1. The molecule has 4 N–H and O–H groups in total. The van der Waals surface area contributed by atoms with Crippen molar-refractivity contribution in [2.24, 2.45) is 5.73 Å². The largest absolute Gasteiger partial charge is 0.481 e. The number of anilines is 2. The number of amides is 2. The highest BCUT2D eigenvalue weighted by Gasteiger charge is 2.29. The van der Waals surface area contributed by atoms with E-state index in [-0.39, 0.29) is 29.9 Å². The van der Waals surface area contributed by atoms with Gasteiger partial charge in [-0.25, -0.2) is 9.78 Å². The summed E-state index contributed by atoms with van der Waals surface area (Å²) in [6, 6.07) is 10.1. The highest BCUT2D eigenvalue weighted by atomic mass is 16.5. The maximum Gasteiger partial charge on any atom is 0.413 e. The number of aromatic nitrogens is 3. The predicted molar refractivity (Wildman–Crippen MR) is 137 cm³/mol. The third-order valence-corrected chi connectivity index (χ3v) is 6.22. The van der Waals surface area contributed by atoms with Gasteiger partial charge in [0.05, 0.1) is 7.11 Å². The van der Waals surface area contributed by atoms with E-state index in [2.05, 4.69) is 15.3 Å². The van der Waals surface area contributed by atoms with Gasteiger partial charge in [-0.2, -0.15) is 4.98 Å². The number of rotatable bonds is 5. The minimum Gasteiger partial charge on any atom is -0.481 e. The molecule has 196 valence electrons. The highest BCUT2D eigenvalue weighted by Crippen LogP contribution is 2.31. The summed E-state index contributed by atoms with van der Waals surface area (Å²) >= 11 is 0. The molecule has 5 rings (SSSR count). The van der Waals surface area contributed by atoms with E-state index >= 15 is 0 Å². The Morgan fingerprint density at radius 3 is 2.62 bits per heavy atom. The number of nitrogens with zero attached hydrogens (tertiary/aromatic N) is 4. The summed E-state index contributed by atoms with van der Waals surface area (Å²) in [4.78, 5) is 44.4. The molecule has 2 aliphatic rings. The second-order valence-electron chi connectivity index (χ2n) is 8.68. The number of carbonyl (C=O) groups excluding carboxylic acids is 1. The topological polar surface area (TPSA) is 162 Å². The summed E-state index contributed by atoms with van der Waals surface area (Å²) in [5.41, 5.74) is 5.98. The molecule has 3 aromatic heterocycles.